The lowest BCUT2D eigenvalue weighted by molar-refractivity contribution is 0.0723. The average Bonchev–Trinajstić information content (AvgIpc) is 3.31. The number of amides is 1. The summed E-state index contributed by atoms with van der Waals surface area (Å²) in [6.07, 6.45) is 0. The Bertz CT molecular complexity index is 1170. The van der Waals surface area contributed by atoms with Crippen LogP contribution in [-0.4, -0.2) is 15.8 Å². The molecule has 4 heteroatoms. The molecular formula is C23H20N2O2. The minimum atomic E-state index is -0.129. The summed E-state index contributed by atoms with van der Waals surface area (Å²) in [5.74, 6) is 1.71. The number of fused-ring (bicyclic) bond motifs is 2. The van der Waals surface area contributed by atoms with Crippen molar-refractivity contribution in [2.24, 2.45) is 0 Å². The number of furan rings is 1. The highest BCUT2D eigenvalue weighted by Gasteiger charge is 2.39. The number of aromatic nitrogens is 1. The first-order valence-electron chi connectivity index (χ1n) is 9.16. The number of H-pyrrole nitrogens is 1. The van der Waals surface area contributed by atoms with Gasteiger partial charge in [-0.15, -0.1) is 0 Å². The van der Waals surface area contributed by atoms with Crippen molar-refractivity contribution >= 4 is 16.8 Å². The summed E-state index contributed by atoms with van der Waals surface area (Å²) in [4.78, 5) is 18.6. The zero-order chi connectivity index (χ0) is 18.5. The fourth-order valence-corrected chi connectivity index (χ4v) is 4.23. The Balaban J connectivity index is 1.70. The van der Waals surface area contributed by atoms with E-state index in [1.807, 2.05) is 54.3 Å². The topological polar surface area (TPSA) is 49.2 Å². The van der Waals surface area contributed by atoms with Gasteiger partial charge in [-0.2, -0.15) is 0 Å². The Morgan fingerprint density at radius 1 is 1.00 bits per heavy atom. The molecule has 0 fully saturated rings. The van der Waals surface area contributed by atoms with Gasteiger partial charge in [0.1, 0.15) is 11.5 Å². The van der Waals surface area contributed by atoms with Gasteiger partial charge in [-0.05, 0) is 43.7 Å². The van der Waals surface area contributed by atoms with Crippen molar-refractivity contribution in [1.29, 1.82) is 0 Å². The molecule has 0 unspecified atom stereocenters. The maximum atomic E-state index is 13.2. The SMILES string of the molecule is Cc1ccc(CN2C(=O)c3ccccc3[C@H]2c2c(C)[nH]c3ccccc23)o1. The first kappa shape index (κ1) is 15.9. The van der Waals surface area contributed by atoms with Crippen molar-refractivity contribution in [2.75, 3.05) is 0 Å². The maximum Gasteiger partial charge on any atom is 0.255 e. The maximum absolute atomic E-state index is 13.2. The van der Waals surface area contributed by atoms with E-state index in [-0.39, 0.29) is 11.9 Å². The molecule has 3 heterocycles. The van der Waals surface area contributed by atoms with Crippen LogP contribution in [0.4, 0.5) is 0 Å². The van der Waals surface area contributed by atoms with E-state index in [1.54, 1.807) is 0 Å². The highest BCUT2D eigenvalue weighted by molar-refractivity contribution is 6.01. The van der Waals surface area contributed by atoms with Crippen molar-refractivity contribution in [1.82, 2.24) is 9.88 Å². The highest BCUT2D eigenvalue weighted by atomic mass is 16.3. The van der Waals surface area contributed by atoms with Crippen LogP contribution >= 0.6 is 0 Å². The molecule has 134 valence electrons. The van der Waals surface area contributed by atoms with E-state index < -0.39 is 0 Å². The number of nitrogens with one attached hydrogen (secondary N) is 1. The van der Waals surface area contributed by atoms with Crippen LogP contribution in [0, 0.1) is 13.8 Å². The van der Waals surface area contributed by atoms with Gasteiger partial charge in [-0.1, -0.05) is 36.4 Å². The molecule has 4 aromatic rings. The fourth-order valence-electron chi connectivity index (χ4n) is 4.23. The van der Waals surface area contributed by atoms with Gasteiger partial charge in [-0.25, -0.2) is 0 Å². The van der Waals surface area contributed by atoms with Crippen LogP contribution in [0.2, 0.25) is 0 Å². The van der Waals surface area contributed by atoms with Gasteiger partial charge < -0.3 is 14.3 Å². The van der Waals surface area contributed by atoms with Crippen molar-refractivity contribution in [3.05, 3.63) is 94.6 Å². The Labute approximate surface area is 157 Å². The monoisotopic (exact) mass is 356 g/mol. The minimum Gasteiger partial charge on any atom is -0.464 e. The lowest BCUT2D eigenvalue weighted by Crippen LogP contribution is -2.28. The van der Waals surface area contributed by atoms with Crippen molar-refractivity contribution < 1.29 is 9.21 Å². The van der Waals surface area contributed by atoms with Gasteiger partial charge in [0.25, 0.3) is 5.91 Å². The van der Waals surface area contributed by atoms with Crippen LogP contribution in [0.25, 0.3) is 10.9 Å². The third-order valence-electron chi connectivity index (χ3n) is 5.40. The Morgan fingerprint density at radius 3 is 2.59 bits per heavy atom. The molecule has 2 aromatic carbocycles. The first-order valence-corrected chi connectivity index (χ1v) is 9.16. The van der Waals surface area contributed by atoms with Crippen molar-refractivity contribution in [3.8, 4) is 0 Å². The number of aryl methyl sites for hydroxylation is 2. The van der Waals surface area contributed by atoms with E-state index in [9.17, 15) is 4.79 Å². The molecule has 1 aliphatic rings. The predicted molar refractivity (Wildman–Crippen MR) is 105 cm³/mol. The molecule has 0 saturated heterocycles. The van der Waals surface area contributed by atoms with E-state index in [1.165, 1.54) is 0 Å². The summed E-state index contributed by atoms with van der Waals surface area (Å²) in [5, 5.41) is 1.16. The largest absolute Gasteiger partial charge is 0.464 e. The first-order chi connectivity index (χ1) is 13.1. The van der Waals surface area contributed by atoms with E-state index in [0.29, 0.717) is 6.54 Å². The summed E-state index contributed by atoms with van der Waals surface area (Å²) < 4.78 is 5.77. The molecule has 2 aromatic heterocycles. The number of rotatable bonds is 3. The van der Waals surface area contributed by atoms with Gasteiger partial charge in [0.15, 0.2) is 0 Å². The molecule has 27 heavy (non-hydrogen) atoms. The summed E-state index contributed by atoms with van der Waals surface area (Å²) in [6.45, 7) is 4.45. The number of carbonyl (C=O) groups excluding carboxylic acids is 1. The second-order valence-electron chi connectivity index (χ2n) is 7.14. The van der Waals surface area contributed by atoms with Crippen LogP contribution < -0.4 is 0 Å². The second-order valence-corrected chi connectivity index (χ2v) is 7.14. The Kier molecular flexibility index (Phi) is 3.47. The molecule has 0 bridgehead atoms. The molecule has 1 atom stereocenters. The lowest BCUT2D eigenvalue weighted by Gasteiger charge is -2.25. The van der Waals surface area contributed by atoms with E-state index >= 15 is 0 Å². The van der Waals surface area contributed by atoms with Gasteiger partial charge in [0, 0.05) is 27.7 Å². The number of aromatic amines is 1. The number of benzene rings is 2. The molecule has 0 spiro atoms. The molecule has 1 amide bonds. The van der Waals surface area contributed by atoms with Crippen LogP contribution in [0.1, 0.15) is 44.7 Å². The van der Waals surface area contributed by atoms with E-state index in [0.717, 1.165) is 44.8 Å². The van der Waals surface area contributed by atoms with Crippen LogP contribution in [0.5, 0.6) is 0 Å². The summed E-state index contributed by atoms with van der Waals surface area (Å²) in [5.41, 5.74) is 5.17. The molecule has 0 saturated carbocycles. The Morgan fingerprint density at radius 2 is 1.78 bits per heavy atom. The van der Waals surface area contributed by atoms with Gasteiger partial charge in [-0.3, -0.25) is 4.79 Å². The predicted octanol–water partition coefficient (Wildman–Crippen LogP) is 5.12. The zero-order valence-electron chi connectivity index (χ0n) is 15.3. The standard InChI is InChI=1S/C23H20N2O2/c1-14-11-12-16(27-14)13-25-22(17-7-3-4-8-18(17)23(25)26)21-15(2)24-20-10-6-5-9-19(20)21/h3-12,22,24H,13H2,1-2H3/t22-/m0/s1. The minimum absolute atomic E-state index is 0.0503. The molecule has 5 rings (SSSR count). The number of hydrogen-bond acceptors (Lipinski definition) is 2. The number of carbonyl (C=O) groups is 1. The average molecular weight is 356 g/mol. The van der Waals surface area contributed by atoms with Crippen molar-refractivity contribution in [2.45, 2.75) is 26.4 Å². The second kappa shape index (κ2) is 5.88. The molecule has 0 radical (unpaired) electrons. The molecule has 1 N–H and O–H groups in total. The van der Waals surface area contributed by atoms with E-state index in [4.69, 9.17) is 4.42 Å². The summed E-state index contributed by atoms with van der Waals surface area (Å²) in [6, 6.07) is 19.9. The smallest absolute Gasteiger partial charge is 0.255 e. The molecule has 1 aliphatic heterocycles. The van der Waals surface area contributed by atoms with Gasteiger partial charge in [0.2, 0.25) is 0 Å². The van der Waals surface area contributed by atoms with Crippen LogP contribution in [0.15, 0.2) is 65.1 Å². The molecular weight excluding hydrogens is 336 g/mol. The Hall–Kier alpha value is -3.27. The van der Waals surface area contributed by atoms with Gasteiger partial charge in [0.05, 0.1) is 12.6 Å². The summed E-state index contributed by atoms with van der Waals surface area (Å²) in [7, 11) is 0. The molecule has 0 aliphatic carbocycles. The number of hydrogen-bond donors (Lipinski definition) is 1. The van der Waals surface area contributed by atoms with Crippen LogP contribution in [-0.2, 0) is 6.54 Å². The third-order valence-corrected chi connectivity index (χ3v) is 5.40. The number of nitrogens with zero attached hydrogens (tertiary/aromatic N) is 1. The summed E-state index contributed by atoms with van der Waals surface area (Å²) >= 11 is 0. The zero-order valence-corrected chi connectivity index (χ0v) is 15.3. The van der Waals surface area contributed by atoms with E-state index in [2.05, 4.69) is 30.1 Å². The quantitative estimate of drug-likeness (QED) is 0.554. The van der Waals surface area contributed by atoms with Crippen molar-refractivity contribution in [3.63, 3.8) is 0 Å². The third kappa shape index (κ3) is 2.40. The number of para-hydroxylation sites is 1. The highest BCUT2D eigenvalue weighted by Crippen LogP contribution is 2.43. The molecule has 4 nitrogen and oxygen atoms in total. The lowest BCUT2D eigenvalue weighted by atomic mass is 9.95. The van der Waals surface area contributed by atoms with Crippen LogP contribution in [0.3, 0.4) is 0 Å². The normalized spacial score (nSPS) is 16.3. The van der Waals surface area contributed by atoms with Gasteiger partial charge >= 0.3 is 0 Å². The fraction of sp³-hybridized carbons (Fsp3) is 0.174.